The van der Waals surface area contributed by atoms with Crippen LogP contribution in [0, 0.1) is 11.8 Å². The molecule has 1 unspecified atom stereocenters. The summed E-state index contributed by atoms with van der Waals surface area (Å²) in [5.74, 6) is 0.625. The quantitative estimate of drug-likeness (QED) is 0.657. The first-order chi connectivity index (χ1) is 11.6. The fourth-order valence-corrected chi connectivity index (χ4v) is 3.37. The summed E-state index contributed by atoms with van der Waals surface area (Å²) >= 11 is 6.96. The van der Waals surface area contributed by atoms with Crippen molar-refractivity contribution in [2.24, 2.45) is 0 Å². The number of benzene rings is 1. The Balaban J connectivity index is 1.68. The van der Waals surface area contributed by atoms with E-state index >= 15 is 0 Å². The average Bonchev–Trinajstić information content (AvgIpc) is 3.13. The highest BCUT2D eigenvalue weighted by Crippen LogP contribution is 2.12. The van der Waals surface area contributed by atoms with Crippen molar-refractivity contribution in [3.8, 4) is 0 Å². The molecule has 0 saturated carbocycles. The molecule has 0 amide bonds. The molecule has 24 heavy (non-hydrogen) atoms. The zero-order valence-corrected chi connectivity index (χ0v) is 15.5. The summed E-state index contributed by atoms with van der Waals surface area (Å²) in [7, 11) is 0. The molecule has 3 rings (SSSR count). The molecule has 0 fully saturated rings. The van der Waals surface area contributed by atoms with Crippen LogP contribution in [0.3, 0.4) is 0 Å². The van der Waals surface area contributed by atoms with Gasteiger partial charge < -0.3 is 9.32 Å². The van der Waals surface area contributed by atoms with E-state index in [0.29, 0.717) is 23.8 Å². The van der Waals surface area contributed by atoms with E-state index in [1.807, 2.05) is 18.4 Å². The summed E-state index contributed by atoms with van der Waals surface area (Å²) < 4.78 is 7.42. The van der Waals surface area contributed by atoms with Crippen LogP contribution in [0.2, 0.25) is 0 Å². The fraction of sp³-hybridized carbons (Fsp3) is 0.353. The van der Waals surface area contributed by atoms with Crippen molar-refractivity contribution in [2.75, 3.05) is 6.54 Å². The Bertz CT molecular complexity index is 838. The SMILES string of the molecule is CC[NH+](Cc1ccccc1)Cn1nc(Cc2csc(C)n2)oc1=S. The Morgan fingerprint density at radius 1 is 1.29 bits per heavy atom. The van der Waals surface area contributed by atoms with Gasteiger partial charge in [0.2, 0.25) is 5.89 Å². The third-order valence-corrected chi connectivity index (χ3v) is 4.93. The number of nitrogens with zero attached hydrogens (tertiary/aromatic N) is 3. The van der Waals surface area contributed by atoms with Crippen LogP contribution in [-0.4, -0.2) is 21.3 Å². The Hall–Kier alpha value is -1.83. The minimum Gasteiger partial charge on any atom is -0.413 e. The molecule has 126 valence electrons. The van der Waals surface area contributed by atoms with Crippen molar-refractivity contribution >= 4 is 23.6 Å². The summed E-state index contributed by atoms with van der Waals surface area (Å²) in [4.78, 5) is 6.25. The van der Waals surface area contributed by atoms with E-state index in [4.69, 9.17) is 16.6 Å². The normalized spacial score (nSPS) is 12.4. The number of rotatable bonds is 7. The van der Waals surface area contributed by atoms with Gasteiger partial charge in [-0.05, 0) is 26.1 Å². The minimum atomic E-state index is 0.427. The smallest absolute Gasteiger partial charge is 0.291 e. The lowest BCUT2D eigenvalue weighted by atomic mass is 10.2. The summed E-state index contributed by atoms with van der Waals surface area (Å²) in [5, 5.41) is 7.62. The maximum atomic E-state index is 5.64. The molecule has 5 nitrogen and oxygen atoms in total. The molecule has 3 aromatic rings. The molecule has 7 heteroatoms. The van der Waals surface area contributed by atoms with Gasteiger partial charge >= 0.3 is 0 Å². The Morgan fingerprint density at radius 3 is 2.75 bits per heavy atom. The highest BCUT2D eigenvalue weighted by molar-refractivity contribution is 7.71. The molecule has 0 aliphatic heterocycles. The topological polar surface area (TPSA) is 48.3 Å². The molecule has 1 N–H and O–H groups in total. The van der Waals surface area contributed by atoms with Gasteiger partial charge in [-0.3, -0.25) is 0 Å². The van der Waals surface area contributed by atoms with Gasteiger partial charge in [-0.25, -0.2) is 4.98 Å². The van der Waals surface area contributed by atoms with Gasteiger partial charge in [0, 0.05) is 10.9 Å². The van der Waals surface area contributed by atoms with Crippen LogP contribution in [0.4, 0.5) is 0 Å². The number of nitrogens with one attached hydrogen (secondary N) is 1. The maximum Gasteiger partial charge on any atom is 0.291 e. The molecule has 0 aliphatic carbocycles. The van der Waals surface area contributed by atoms with E-state index in [2.05, 4.69) is 41.3 Å². The number of thiazole rings is 1. The van der Waals surface area contributed by atoms with Crippen LogP contribution in [-0.2, 0) is 19.6 Å². The van der Waals surface area contributed by atoms with Crippen LogP contribution >= 0.6 is 23.6 Å². The first kappa shape index (κ1) is 17.0. The fourth-order valence-electron chi connectivity index (χ4n) is 2.55. The molecule has 0 saturated heterocycles. The number of hydrogen-bond donors (Lipinski definition) is 1. The van der Waals surface area contributed by atoms with Crippen molar-refractivity contribution in [3.05, 3.63) is 62.7 Å². The summed E-state index contributed by atoms with van der Waals surface area (Å²) in [5.41, 5.74) is 2.28. The zero-order valence-electron chi connectivity index (χ0n) is 13.9. The second-order valence-electron chi connectivity index (χ2n) is 5.72. The highest BCUT2D eigenvalue weighted by atomic mass is 32.1. The molecular weight excluding hydrogens is 340 g/mol. The summed E-state index contributed by atoms with van der Waals surface area (Å²) in [6.45, 7) is 6.79. The lowest BCUT2D eigenvalue weighted by molar-refractivity contribution is -0.935. The van der Waals surface area contributed by atoms with Gasteiger partial charge in [-0.1, -0.05) is 30.3 Å². The molecule has 1 aromatic carbocycles. The molecule has 2 heterocycles. The Labute approximate surface area is 150 Å². The maximum absolute atomic E-state index is 5.64. The average molecular weight is 362 g/mol. The molecule has 0 spiro atoms. The van der Waals surface area contributed by atoms with E-state index in [1.54, 1.807) is 16.0 Å². The second kappa shape index (κ2) is 7.83. The van der Waals surface area contributed by atoms with Crippen LogP contribution < -0.4 is 4.90 Å². The predicted octanol–water partition coefficient (Wildman–Crippen LogP) is 2.62. The third-order valence-electron chi connectivity index (χ3n) is 3.82. The Morgan fingerprint density at radius 2 is 2.08 bits per heavy atom. The number of quaternary nitrogens is 1. The van der Waals surface area contributed by atoms with Gasteiger partial charge in [0.15, 0.2) is 6.67 Å². The molecule has 1 atom stereocenters. The van der Waals surface area contributed by atoms with Gasteiger partial charge in [0.1, 0.15) is 6.54 Å². The lowest BCUT2D eigenvalue weighted by Crippen LogP contribution is -3.09. The molecular formula is C17H21N4OS2+. The van der Waals surface area contributed by atoms with Gasteiger partial charge in [-0.15, -0.1) is 16.4 Å². The largest absolute Gasteiger partial charge is 0.413 e. The number of hydrogen-bond acceptors (Lipinski definition) is 5. The van der Waals surface area contributed by atoms with Crippen molar-refractivity contribution in [3.63, 3.8) is 0 Å². The van der Waals surface area contributed by atoms with Crippen molar-refractivity contribution in [2.45, 2.75) is 33.5 Å². The van der Waals surface area contributed by atoms with Crippen molar-refractivity contribution in [1.29, 1.82) is 0 Å². The van der Waals surface area contributed by atoms with Crippen LogP contribution in [0.15, 0.2) is 40.1 Å². The monoisotopic (exact) mass is 361 g/mol. The van der Waals surface area contributed by atoms with E-state index in [1.165, 1.54) is 10.5 Å². The first-order valence-corrected chi connectivity index (χ1v) is 9.28. The van der Waals surface area contributed by atoms with E-state index in [0.717, 1.165) is 23.8 Å². The first-order valence-electron chi connectivity index (χ1n) is 7.99. The van der Waals surface area contributed by atoms with E-state index in [9.17, 15) is 0 Å². The van der Waals surface area contributed by atoms with Crippen LogP contribution in [0.1, 0.15) is 29.1 Å². The predicted molar refractivity (Wildman–Crippen MR) is 96.6 cm³/mol. The van der Waals surface area contributed by atoms with Gasteiger partial charge in [-0.2, -0.15) is 4.68 Å². The molecule has 0 radical (unpaired) electrons. The highest BCUT2D eigenvalue weighted by Gasteiger charge is 2.13. The summed E-state index contributed by atoms with van der Waals surface area (Å²) in [6.07, 6.45) is 0.584. The van der Waals surface area contributed by atoms with Crippen LogP contribution in [0.5, 0.6) is 0 Å². The summed E-state index contributed by atoms with van der Waals surface area (Å²) in [6, 6.07) is 10.5. The zero-order chi connectivity index (χ0) is 16.9. The number of aryl methyl sites for hydroxylation is 1. The Kier molecular flexibility index (Phi) is 5.55. The molecule has 0 aliphatic rings. The number of aromatic nitrogens is 3. The van der Waals surface area contributed by atoms with Crippen LogP contribution in [0.25, 0.3) is 0 Å². The van der Waals surface area contributed by atoms with E-state index < -0.39 is 0 Å². The van der Waals surface area contributed by atoms with Crippen molar-refractivity contribution in [1.82, 2.24) is 14.8 Å². The lowest BCUT2D eigenvalue weighted by Gasteiger charge is -2.16. The van der Waals surface area contributed by atoms with Crippen molar-refractivity contribution < 1.29 is 9.32 Å². The molecule has 2 aromatic heterocycles. The standard InChI is InChI=1S/C17H20N4OS2/c1-3-20(10-14-7-5-4-6-8-14)12-21-17(23)22-16(19-21)9-15-11-24-13(2)18-15/h4-8,11H,3,9-10,12H2,1-2H3/p+1. The second-order valence-corrected chi connectivity index (χ2v) is 7.13. The molecule has 0 bridgehead atoms. The van der Waals surface area contributed by atoms with Gasteiger partial charge in [0.05, 0.1) is 23.7 Å². The minimum absolute atomic E-state index is 0.427. The third kappa shape index (κ3) is 4.37. The van der Waals surface area contributed by atoms with E-state index in [-0.39, 0.29) is 0 Å². The van der Waals surface area contributed by atoms with Gasteiger partial charge in [0.25, 0.3) is 4.84 Å².